The molecule has 8 nitrogen and oxygen atoms in total. The minimum atomic E-state index is -1.08. The van der Waals surface area contributed by atoms with Crippen LogP contribution in [0.15, 0.2) is 18.2 Å². The number of methoxy groups -OCH3 is 2. The van der Waals surface area contributed by atoms with E-state index in [4.69, 9.17) is 0 Å². The summed E-state index contributed by atoms with van der Waals surface area (Å²) in [5.41, 5.74) is -0.202. The van der Waals surface area contributed by atoms with Gasteiger partial charge in [0.15, 0.2) is 11.5 Å². The molecule has 1 aromatic rings. The fraction of sp³-hybridized carbons (Fsp3) is 0.357. The maximum Gasteiger partial charge on any atom is 0.328 e. The first kappa shape index (κ1) is 17.3. The van der Waals surface area contributed by atoms with Gasteiger partial charge in [0, 0.05) is 6.42 Å². The number of carbonyl (C=O) groups excluding carboxylic acids is 3. The molecule has 0 saturated carbocycles. The lowest BCUT2D eigenvalue weighted by molar-refractivity contribution is -0.144. The maximum absolute atomic E-state index is 12.1. The molecular formula is C14H17NO7. The Morgan fingerprint density at radius 2 is 1.86 bits per heavy atom. The Hall–Kier alpha value is -2.77. The number of aromatic hydroxyl groups is 2. The Balaban J connectivity index is 2.84. The van der Waals surface area contributed by atoms with Crippen molar-refractivity contribution >= 4 is 17.8 Å². The zero-order valence-corrected chi connectivity index (χ0v) is 12.2. The number of para-hydroxylation sites is 1. The molecular weight excluding hydrogens is 294 g/mol. The zero-order valence-electron chi connectivity index (χ0n) is 12.2. The van der Waals surface area contributed by atoms with Crippen molar-refractivity contribution in [2.45, 2.75) is 18.9 Å². The molecule has 3 N–H and O–H groups in total. The van der Waals surface area contributed by atoms with Gasteiger partial charge in [0.05, 0.1) is 19.8 Å². The second-order valence-electron chi connectivity index (χ2n) is 4.34. The fourth-order valence-corrected chi connectivity index (χ4v) is 1.71. The summed E-state index contributed by atoms with van der Waals surface area (Å²) in [6.45, 7) is 0. The van der Waals surface area contributed by atoms with E-state index in [-0.39, 0.29) is 18.4 Å². The van der Waals surface area contributed by atoms with Gasteiger partial charge in [0.2, 0.25) is 0 Å². The lowest BCUT2D eigenvalue weighted by Crippen LogP contribution is -2.41. The zero-order chi connectivity index (χ0) is 16.7. The number of hydrogen-bond donors (Lipinski definition) is 3. The van der Waals surface area contributed by atoms with Crippen LogP contribution in [-0.4, -0.2) is 48.3 Å². The Morgan fingerprint density at radius 3 is 2.45 bits per heavy atom. The summed E-state index contributed by atoms with van der Waals surface area (Å²) < 4.78 is 9.01. The van der Waals surface area contributed by atoms with Gasteiger partial charge in [-0.05, 0) is 18.6 Å². The molecule has 0 aliphatic heterocycles. The molecule has 0 unspecified atom stereocenters. The molecule has 120 valence electrons. The van der Waals surface area contributed by atoms with Gasteiger partial charge in [0.1, 0.15) is 6.04 Å². The largest absolute Gasteiger partial charge is 0.504 e. The number of amides is 1. The quantitative estimate of drug-likeness (QED) is 0.511. The van der Waals surface area contributed by atoms with Crippen LogP contribution < -0.4 is 5.32 Å². The second-order valence-corrected chi connectivity index (χ2v) is 4.34. The van der Waals surface area contributed by atoms with E-state index in [1.807, 2.05) is 0 Å². The van der Waals surface area contributed by atoms with E-state index in [0.29, 0.717) is 0 Å². The standard InChI is InChI=1S/C14H17NO7/c1-21-11(17)7-6-9(14(20)22-2)15-13(19)8-4-3-5-10(16)12(8)18/h3-5,9,16,18H,6-7H2,1-2H3,(H,15,19)/t9-/m1/s1. The van der Waals surface area contributed by atoms with Crippen LogP contribution in [0.5, 0.6) is 11.5 Å². The van der Waals surface area contributed by atoms with Crippen molar-refractivity contribution in [3.63, 3.8) is 0 Å². The van der Waals surface area contributed by atoms with Crippen molar-refractivity contribution in [2.24, 2.45) is 0 Å². The van der Waals surface area contributed by atoms with Crippen LogP contribution >= 0.6 is 0 Å². The summed E-state index contributed by atoms with van der Waals surface area (Å²) in [5, 5.41) is 21.3. The average Bonchev–Trinajstić information content (AvgIpc) is 2.52. The molecule has 0 saturated heterocycles. The highest BCUT2D eigenvalue weighted by atomic mass is 16.5. The molecule has 0 spiro atoms. The highest BCUT2D eigenvalue weighted by Gasteiger charge is 2.24. The number of esters is 2. The molecule has 0 fully saturated rings. The fourth-order valence-electron chi connectivity index (χ4n) is 1.71. The van der Waals surface area contributed by atoms with Crippen LogP contribution in [0, 0.1) is 0 Å². The van der Waals surface area contributed by atoms with E-state index in [0.717, 1.165) is 7.11 Å². The Morgan fingerprint density at radius 1 is 1.18 bits per heavy atom. The third kappa shape index (κ3) is 4.37. The van der Waals surface area contributed by atoms with E-state index < -0.39 is 35.4 Å². The topological polar surface area (TPSA) is 122 Å². The van der Waals surface area contributed by atoms with Crippen molar-refractivity contribution < 1.29 is 34.1 Å². The van der Waals surface area contributed by atoms with E-state index in [1.165, 1.54) is 25.3 Å². The highest BCUT2D eigenvalue weighted by molar-refractivity contribution is 5.99. The van der Waals surface area contributed by atoms with Crippen LogP contribution in [0.2, 0.25) is 0 Å². The predicted octanol–water partition coefficient (Wildman–Crippen LogP) is 0.322. The summed E-state index contributed by atoms with van der Waals surface area (Å²) in [6.07, 6.45) is -0.118. The molecule has 22 heavy (non-hydrogen) atoms. The SMILES string of the molecule is COC(=O)CC[C@@H](NC(=O)c1cccc(O)c1O)C(=O)OC. The van der Waals surface area contributed by atoms with Gasteiger partial charge in [-0.2, -0.15) is 0 Å². The summed E-state index contributed by atoms with van der Waals surface area (Å²) >= 11 is 0. The number of phenolic OH excluding ortho intramolecular Hbond substituents is 2. The van der Waals surface area contributed by atoms with Gasteiger partial charge >= 0.3 is 11.9 Å². The number of rotatable bonds is 6. The van der Waals surface area contributed by atoms with Gasteiger partial charge in [0.25, 0.3) is 5.91 Å². The van der Waals surface area contributed by atoms with E-state index >= 15 is 0 Å². The first-order chi connectivity index (χ1) is 10.4. The monoisotopic (exact) mass is 311 g/mol. The third-order valence-corrected chi connectivity index (χ3v) is 2.92. The lowest BCUT2D eigenvalue weighted by Gasteiger charge is -2.16. The molecule has 0 aromatic heterocycles. The Bertz CT molecular complexity index is 570. The van der Waals surface area contributed by atoms with Crippen LogP contribution in [-0.2, 0) is 19.1 Å². The van der Waals surface area contributed by atoms with Gasteiger partial charge in [-0.25, -0.2) is 4.79 Å². The van der Waals surface area contributed by atoms with Crippen molar-refractivity contribution in [3.05, 3.63) is 23.8 Å². The van der Waals surface area contributed by atoms with Gasteiger partial charge < -0.3 is 25.0 Å². The number of nitrogens with one attached hydrogen (secondary N) is 1. The smallest absolute Gasteiger partial charge is 0.328 e. The molecule has 0 bridgehead atoms. The third-order valence-electron chi connectivity index (χ3n) is 2.92. The van der Waals surface area contributed by atoms with E-state index in [9.17, 15) is 24.6 Å². The van der Waals surface area contributed by atoms with Crippen molar-refractivity contribution in [1.29, 1.82) is 0 Å². The van der Waals surface area contributed by atoms with E-state index in [2.05, 4.69) is 14.8 Å². The summed E-state index contributed by atoms with van der Waals surface area (Å²) in [5.74, 6) is -3.12. The number of phenols is 2. The number of hydrogen-bond acceptors (Lipinski definition) is 7. The van der Waals surface area contributed by atoms with Gasteiger partial charge in [-0.15, -0.1) is 0 Å². The minimum absolute atomic E-state index is 0.0232. The lowest BCUT2D eigenvalue weighted by atomic mass is 10.1. The van der Waals surface area contributed by atoms with Crippen LogP contribution in [0.4, 0.5) is 0 Å². The average molecular weight is 311 g/mol. The Kier molecular flexibility index (Phi) is 6.18. The van der Waals surface area contributed by atoms with Crippen molar-refractivity contribution in [1.82, 2.24) is 5.32 Å². The molecule has 0 heterocycles. The second kappa shape index (κ2) is 7.87. The number of benzene rings is 1. The molecule has 0 aliphatic carbocycles. The molecule has 0 radical (unpaired) electrons. The Labute approximate surface area is 126 Å². The molecule has 0 aliphatic rings. The van der Waals surface area contributed by atoms with Gasteiger partial charge in [-0.3, -0.25) is 9.59 Å². The molecule has 1 rings (SSSR count). The maximum atomic E-state index is 12.1. The molecule has 1 atom stereocenters. The van der Waals surface area contributed by atoms with Crippen molar-refractivity contribution in [2.75, 3.05) is 14.2 Å². The molecule has 1 amide bonds. The number of carbonyl (C=O) groups is 3. The van der Waals surface area contributed by atoms with Crippen LogP contribution in [0.1, 0.15) is 23.2 Å². The van der Waals surface area contributed by atoms with Gasteiger partial charge in [-0.1, -0.05) is 6.07 Å². The van der Waals surface area contributed by atoms with Crippen molar-refractivity contribution in [3.8, 4) is 11.5 Å². The molecule has 8 heteroatoms. The summed E-state index contributed by atoms with van der Waals surface area (Å²) in [4.78, 5) is 34.8. The highest BCUT2D eigenvalue weighted by Crippen LogP contribution is 2.28. The van der Waals surface area contributed by atoms with Crippen LogP contribution in [0.3, 0.4) is 0 Å². The predicted molar refractivity (Wildman–Crippen MR) is 74.3 cm³/mol. The normalized spacial score (nSPS) is 11.4. The molecule has 1 aromatic carbocycles. The summed E-state index contributed by atoms with van der Waals surface area (Å²) in [6, 6.07) is 2.77. The summed E-state index contributed by atoms with van der Waals surface area (Å²) in [7, 11) is 2.35. The number of ether oxygens (including phenoxy) is 2. The van der Waals surface area contributed by atoms with Crippen LogP contribution in [0.25, 0.3) is 0 Å². The minimum Gasteiger partial charge on any atom is -0.504 e. The first-order valence-corrected chi connectivity index (χ1v) is 6.37. The first-order valence-electron chi connectivity index (χ1n) is 6.37. The van der Waals surface area contributed by atoms with E-state index in [1.54, 1.807) is 0 Å².